The van der Waals surface area contributed by atoms with Crippen molar-refractivity contribution in [3.63, 3.8) is 0 Å². The van der Waals surface area contributed by atoms with Gasteiger partial charge in [-0.2, -0.15) is 0 Å². The van der Waals surface area contributed by atoms with E-state index in [1.54, 1.807) is 23.6 Å². The molecule has 32 heavy (non-hydrogen) atoms. The summed E-state index contributed by atoms with van der Waals surface area (Å²) < 4.78 is 9.71. The van der Waals surface area contributed by atoms with Crippen LogP contribution in [0, 0.1) is 11.8 Å². The summed E-state index contributed by atoms with van der Waals surface area (Å²) >= 11 is 1.64. The van der Waals surface area contributed by atoms with E-state index in [2.05, 4.69) is 10.2 Å². The average Bonchev–Trinajstić information content (AvgIpc) is 3.34. The number of aliphatic hydroxyl groups is 1. The number of carbonyl (C=O) groups excluding carboxylic acids is 3. The Morgan fingerprint density at radius 2 is 2.03 bits per heavy atom. The predicted octanol–water partition coefficient (Wildman–Crippen LogP) is -0.138. The maximum absolute atomic E-state index is 13.6. The topological polar surface area (TPSA) is 108 Å². The van der Waals surface area contributed by atoms with E-state index in [1.807, 2.05) is 6.92 Å². The minimum absolute atomic E-state index is 0.0566. The molecular formula is C22H35N3O6S. The largest absolute Gasteiger partial charge is 0.466 e. The van der Waals surface area contributed by atoms with Gasteiger partial charge in [0.15, 0.2) is 0 Å². The van der Waals surface area contributed by atoms with Crippen LogP contribution in [0.15, 0.2) is 0 Å². The number of ether oxygens (including phenoxy) is 2. The molecule has 0 aliphatic carbocycles. The minimum Gasteiger partial charge on any atom is -0.466 e. The third-order valence-corrected chi connectivity index (χ3v) is 9.44. The number of hydrogen-bond donors (Lipinski definition) is 2. The molecule has 4 aliphatic heterocycles. The third kappa shape index (κ3) is 3.93. The quantitative estimate of drug-likeness (QED) is 0.450. The molecule has 2 bridgehead atoms. The summed E-state index contributed by atoms with van der Waals surface area (Å²) in [6, 6.07) is -0.637. The molecule has 4 rings (SSSR count). The molecule has 0 aromatic rings. The van der Waals surface area contributed by atoms with Crippen LogP contribution in [0.1, 0.15) is 33.1 Å². The Balaban J connectivity index is 1.55. The second-order valence-corrected chi connectivity index (χ2v) is 11.2. The number of likely N-dealkylation sites (tertiary alicyclic amines) is 1. The van der Waals surface area contributed by atoms with Gasteiger partial charge < -0.3 is 24.8 Å². The van der Waals surface area contributed by atoms with Crippen LogP contribution in [-0.2, 0) is 23.9 Å². The summed E-state index contributed by atoms with van der Waals surface area (Å²) in [7, 11) is 0. The molecule has 9 nitrogen and oxygen atoms in total. The van der Waals surface area contributed by atoms with Gasteiger partial charge in [0.25, 0.3) is 0 Å². The van der Waals surface area contributed by atoms with Crippen molar-refractivity contribution in [2.45, 2.75) is 48.6 Å². The number of amides is 2. The van der Waals surface area contributed by atoms with Crippen molar-refractivity contribution in [2.75, 3.05) is 59.2 Å². The van der Waals surface area contributed by atoms with Crippen LogP contribution in [0.3, 0.4) is 0 Å². The van der Waals surface area contributed by atoms with E-state index < -0.39 is 27.4 Å². The SMILES string of the molecule is CCOC(=O)[C@H]1[C@H]2C(=O)N(CCCO)C(C(=O)NCCN3CCOCC3)C23CC[C@]1(C)S3. The molecule has 180 valence electrons. The summed E-state index contributed by atoms with van der Waals surface area (Å²) in [5.74, 6) is -1.75. The maximum Gasteiger partial charge on any atom is 0.311 e. The Morgan fingerprint density at radius 1 is 1.28 bits per heavy atom. The number of morpholine rings is 1. The number of thioether (sulfide) groups is 1. The lowest BCUT2D eigenvalue weighted by molar-refractivity contribution is -0.155. The lowest BCUT2D eigenvalue weighted by atomic mass is 9.66. The maximum atomic E-state index is 13.6. The summed E-state index contributed by atoms with van der Waals surface area (Å²) in [4.78, 5) is 43.9. The van der Waals surface area contributed by atoms with E-state index in [0.717, 1.165) is 32.5 Å². The first-order valence-electron chi connectivity index (χ1n) is 11.7. The molecule has 4 aliphatic rings. The summed E-state index contributed by atoms with van der Waals surface area (Å²) in [5, 5.41) is 12.4. The highest BCUT2D eigenvalue weighted by molar-refractivity contribution is 8.02. The zero-order valence-corrected chi connectivity index (χ0v) is 19.8. The van der Waals surface area contributed by atoms with Gasteiger partial charge >= 0.3 is 5.97 Å². The molecule has 2 amide bonds. The van der Waals surface area contributed by atoms with Crippen LogP contribution in [-0.4, -0.2) is 107 Å². The number of nitrogens with one attached hydrogen (secondary N) is 1. The van der Waals surface area contributed by atoms with Gasteiger partial charge in [-0.3, -0.25) is 19.3 Å². The van der Waals surface area contributed by atoms with Crippen LogP contribution in [0.4, 0.5) is 0 Å². The smallest absolute Gasteiger partial charge is 0.311 e. The van der Waals surface area contributed by atoms with Crippen molar-refractivity contribution < 1.29 is 29.0 Å². The van der Waals surface area contributed by atoms with Gasteiger partial charge in [-0.25, -0.2) is 0 Å². The van der Waals surface area contributed by atoms with Gasteiger partial charge in [0.1, 0.15) is 6.04 Å². The van der Waals surface area contributed by atoms with Crippen LogP contribution in [0.25, 0.3) is 0 Å². The predicted molar refractivity (Wildman–Crippen MR) is 119 cm³/mol. The first-order chi connectivity index (χ1) is 15.4. The molecule has 0 radical (unpaired) electrons. The highest BCUT2D eigenvalue weighted by Crippen LogP contribution is 2.71. The number of aliphatic hydroxyl groups excluding tert-OH is 1. The van der Waals surface area contributed by atoms with Gasteiger partial charge in [-0.15, -0.1) is 11.8 Å². The number of rotatable bonds is 9. The fourth-order valence-electron chi connectivity index (χ4n) is 6.06. The molecule has 0 aromatic carbocycles. The van der Waals surface area contributed by atoms with Gasteiger partial charge in [0, 0.05) is 44.1 Å². The summed E-state index contributed by atoms with van der Waals surface area (Å²) in [6.07, 6.45) is 1.89. The Morgan fingerprint density at radius 3 is 2.72 bits per heavy atom. The number of carbonyl (C=O) groups is 3. The molecule has 4 fully saturated rings. The zero-order valence-electron chi connectivity index (χ0n) is 19.0. The molecule has 2 N–H and O–H groups in total. The second-order valence-electron chi connectivity index (χ2n) is 9.33. The Kier molecular flexibility index (Phi) is 7.05. The van der Waals surface area contributed by atoms with Gasteiger partial charge in [0.05, 0.1) is 36.4 Å². The Bertz CT molecular complexity index is 747. The standard InChI is InChI=1S/C22H35N3O6S/c1-3-31-20(29)16-15-19(28)25(8-4-12-26)17(22(15)6-5-21(16,2)32-22)18(27)23-7-9-24-10-13-30-14-11-24/h15-17,26H,3-14H2,1-2H3,(H,23,27)/t15-,16+,17?,21-,22?/m0/s1. The van der Waals surface area contributed by atoms with Crippen molar-refractivity contribution in [3.05, 3.63) is 0 Å². The molecular weight excluding hydrogens is 434 g/mol. The van der Waals surface area contributed by atoms with Crippen LogP contribution in [0.2, 0.25) is 0 Å². The van der Waals surface area contributed by atoms with Crippen LogP contribution >= 0.6 is 11.8 Å². The monoisotopic (exact) mass is 469 g/mol. The van der Waals surface area contributed by atoms with Crippen LogP contribution in [0.5, 0.6) is 0 Å². The van der Waals surface area contributed by atoms with E-state index in [-0.39, 0.29) is 31.0 Å². The number of fused-ring (bicyclic) bond motifs is 1. The molecule has 10 heteroatoms. The number of hydrogen-bond acceptors (Lipinski definition) is 8. The molecule has 2 unspecified atom stereocenters. The molecule has 5 atom stereocenters. The lowest BCUT2D eigenvalue weighted by Gasteiger charge is -2.34. The van der Waals surface area contributed by atoms with E-state index in [4.69, 9.17) is 9.47 Å². The zero-order chi connectivity index (χ0) is 22.9. The first-order valence-corrected chi connectivity index (χ1v) is 12.6. The number of nitrogens with zero attached hydrogens (tertiary/aromatic N) is 2. The van der Waals surface area contributed by atoms with Gasteiger partial charge in [-0.05, 0) is 33.1 Å². The normalized spacial score (nSPS) is 36.4. The molecule has 1 spiro atoms. The van der Waals surface area contributed by atoms with Crippen molar-refractivity contribution in [3.8, 4) is 0 Å². The summed E-state index contributed by atoms with van der Waals surface area (Å²) in [6.45, 7) is 8.66. The second kappa shape index (κ2) is 9.48. The number of esters is 1. The lowest BCUT2D eigenvalue weighted by Crippen LogP contribution is -2.54. The first kappa shape index (κ1) is 23.8. The minimum atomic E-state index is -0.637. The van der Waals surface area contributed by atoms with E-state index in [0.29, 0.717) is 32.7 Å². The van der Waals surface area contributed by atoms with E-state index >= 15 is 0 Å². The highest BCUT2D eigenvalue weighted by Gasteiger charge is 2.77. The van der Waals surface area contributed by atoms with E-state index in [1.165, 1.54) is 0 Å². The van der Waals surface area contributed by atoms with Crippen molar-refractivity contribution >= 4 is 29.5 Å². The fourth-order valence-corrected chi connectivity index (χ4v) is 8.40. The molecule has 0 saturated carbocycles. The highest BCUT2D eigenvalue weighted by atomic mass is 32.2. The van der Waals surface area contributed by atoms with Crippen molar-refractivity contribution in [2.24, 2.45) is 11.8 Å². The van der Waals surface area contributed by atoms with Gasteiger partial charge in [-0.1, -0.05) is 0 Å². The fraction of sp³-hybridized carbons (Fsp3) is 0.864. The molecule has 0 aromatic heterocycles. The third-order valence-electron chi connectivity index (χ3n) is 7.45. The average molecular weight is 470 g/mol. The van der Waals surface area contributed by atoms with Gasteiger partial charge in [0.2, 0.25) is 11.8 Å². The molecule has 4 heterocycles. The van der Waals surface area contributed by atoms with Crippen LogP contribution < -0.4 is 5.32 Å². The van der Waals surface area contributed by atoms with E-state index in [9.17, 15) is 19.5 Å². The Hall–Kier alpha value is -1.36. The molecule has 4 saturated heterocycles. The van der Waals surface area contributed by atoms with Crippen molar-refractivity contribution in [1.29, 1.82) is 0 Å². The summed E-state index contributed by atoms with van der Waals surface area (Å²) in [5.41, 5.74) is 0. The Labute approximate surface area is 193 Å². The van der Waals surface area contributed by atoms with Crippen molar-refractivity contribution in [1.82, 2.24) is 15.1 Å².